The van der Waals surface area contributed by atoms with Gasteiger partial charge in [-0.3, -0.25) is 0 Å². The molecule has 1 N–H and O–H groups in total. The molecule has 0 aromatic carbocycles. The number of rotatable bonds is 6. The highest BCUT2D eigenvalue weighted by atomic mass is 16.3. The van der Waals surface area contributed by atoms with E-state index in [1.54, 1.807) is 6.26 Å². The molecule has 96 valence electrons. The zero-order chi connectivity index (χ0) is 11.9. The third-order valence-corrected chi connectivity index (χ3v) is 3.51. The van der Waals surface area contributed by atoms with Gasteiger partial charge in [0.2, 0.25) is 0 Å². The molecule has 1 aromatic rings. The zero-order valence-corrected chi connectivity index (χ0v) is 10.8. The van der Waals surface area contributed by atoms with Crippen LogP contribution >= 0.6 is 0 Å². The topological polar surface area (TPSA) is 28.4 Å². The Kier molecular flexibility index (Phi) is 5.08. The normalized spacial score (nSPS) is 18.6. The van der Waals surface area contributed by atoms with Gasteiger partial charge < -0.3 is 14.6 Å². The third kappa shape index (κ3) is 4.17. The molecular formula is C14H24N2O. The van der Waals surface area contributed by atoms with E-state index >= 15 is 0 Å². The molecule has 2 heterocycles. The molecule has 1 aliphatic heterocycles. The van der Waals surface area contributed by atoms with Crippen LogP contribution in [0.1, 0.15) is 31.9 Å². The van der Waals surface area contributed by atoms with Gasteiger partial charge in [0.1, 0.15) is 5.76 Å². The number of hydrogen-bond acceptors (Lipinski definition) is 3. The number of furan rings is 1. The summed E-state index contributed by atoms with van der Waals surface area (Å²) in [4.78, 5) is 2.57. The molecule has 1 fully saturated rings. The van der Waals surface area contributed by atoms with Gasteiger partial charge in [0.15, 0.2) is 0 Å². The highest BCUT2D eigenvalue weighted by molar-refractivity contribution is 4.98. The van der Waals surface area contributed by atoms with Crippen molar-refractivity contribution in [1.29, 1.82) is 0 Å². The first-order valence-electron chi connectivity index (χ1n) is 6.86. The lowest BCUT2D eigenvalue weighted by atomic mass is 10.0. The molecule has 0 radical (unpaired) electrons. The van der Waals surface area contributed by atoms with Gasteiger partial charge in [0, 0.05) is 19.0 Å². The van der Waals surface area contributed by atoms with Gasteiger partial charge >= 0.3 is 0 Å². The van der Waals surface area contributed by atoms with Gasteiger partial charge in [-0.2, -0.15) is 0 Å². The molecule has 0 atom stereocenters. The summed E-state index contributed by atoms with van der Waals surface area (Å²) in [7, 11) is 0. The summed E-state index contributed by atoms with van der Waals surface area (Å²) in [6.07, 6.45) is 6.60. The Morgan fingerprint density at radius 1 is 1.41 bits per heavy atom. The minimum absolute atomic E-state index is 0.707. The van der Waals surface area contributed by atoms with Crippen molar-refractivity contribution in [2.45, 2.75) is 38.6 Å². The van der Waals surface area contributed by atoms with Crippen LogP contribution in [0.3, 0.4) is 0 Å². The summed E-state index contributed by atoms with van der Waals surface area (Å²) in [6.45, 7) is 7.07. The minimum Gasteiger partial charge on any atom is -0.469 e. The summed E-state index contributed by atoms with van der Waals surface area (Å²) in [6, 6.07) is 4.71. The van der Waals surface area contributed by atoms with Gasteiger partial charge in [-0.1, -0.05) is 6.92 Å². The lowest BCUT2D eigenvalue weighted by Gasteiger charge is -2.32. The average Bonchev–Trinajstić information content (AvgIpc) is 2.85. The van der Waals surface area contributed by atoms with E-state index in [0.717, 1.165) is 18.7 Å². The number of hydrogen-bond donors (Lipinski definition) is 1. The highest BCUT2D eigenvalue weighted by Crippen LogP contribution is 2.10. The Labute approximate surface area is 104 Å². The van der Waals surface area contributed by atoms with Crippen LogP contribution in [-0.2, 0) is 6.42 Å². The average molecular weight is 236 g/mol. The molecule has 17 heavy (non-hydrogen) atoms. The molecular weight excluding hydrogens is 212 g/mol. The zero-order valence-electron chi connectivity index (χ0n) is 10.8. The molecule has 0 bridgehead atoms. The Bertz CT molecular complexity index is 289. The maximum absolute atomic E-state index is 5.32. The maximum Gasteiger partial charge on any atom is 0.105 e. The SMILES string of the molecule is CCCN1CCC(NCCc2ccco2)CC1. The molecule has 3 heteroatoms. The lowest BCUT2D eigenvalue weighted by molar-refractivity contribution is 0.198. The number of nitrogens with zero attached hydrogens (tertiary/aromatic N) is 1. The quantitative estimate of drug-likeness (QED) is 0.821. The summed E-state index contributed by atoms with van der Waals surface area (Å²) < 4.78 is 5.32. The molecule has 1 aliphatic rings. The van der Waals surface area contributed by atoms with Crippen LogP contribution in [0.2, 0.25) is 0 Å². The van der Waals surface area contributed by atoms with E-state index in [-0.39, 0.29) is 0 Å². The summed E-state index contributed by atoms with van der Waals surface area (Å²) in [5.74, 6) is 1.08. The largest absolute Gasteiger partial charge is 0.469 e. The van der Waals surface area contributed by atoms with Crippen molar-refractivity contribution in [3.05, 3.63) is 24.2 Å². The van der Waals surface area contributed by atoms with E-state index in [1.807, 2.05) is 12.1 Å². The Balaban J connectivity index is 1.58. The number of nitrogens with one attached hydrogen (secondary N) is 1. The highest BCUT2D eigenvalue weighted by Gasteiger charge is 2.17. The van der Waals surface area contributed by atoms with Gasteiger partial charge in [-0.15, -0.1) is 0 Å². The van der Waals surface area contributed by atoms with E-state index in [0.29, 0.717) is 6.04 Å². The van der Waals surface area contributed by atoms with Gasteiger partial charge in [0.05, 0.1) is 6.26 Å². The predicted molar refractivity (Wildman–Crippen MR) is 70.2 cm³/mol. The lowest BCUT2D eigenvalue weighted by Crippen LogP contribution is -2.43. The first-order valence-corrected chi connectivity index (χ1v) is 6.86. The van der Waals surface area contributed by atoms with Crippen LogP contribution < -0.4 is 5.32 Å². The molecule has 0 aliphatic carbocycles. The predicted octanol–water partition coefficient (Wildman–Crippen LogP) is 2.29. The van der Waals surface area contributed by atoms with E-state index in [1.165, 1.54) is 38.9 Å². The van der Waals surface area contributed by atoms with E-state index in [2.05, 4.69) is 17.1 Å². The van der Waals surface area contributed by atoms with Crippen molar-refractivity contribution in [3.63, 3.8) is 0 Å². The van der Waals surface area contributed by atoms with Crippen LogP contribution in [0, 0.1) is 0 Å². The Hall–Kier alpha value is -0.800. The molecule has 0 spiro atoms. The standard InChI is InChI=1S/C14H24N2O/c1-2-9-16-10-6-13(7-11-16)15-8-5-14-4-3-12-17-14/h3-4,12-13,15H,2,5-11H2,1H3. The van der Waals surface area contributed by atoms with E-state index in [9.17, 15) is 0 Å². The van der Waals surface area contributed by atoms with Crippen molar-refractivity contribution in [1.82, 2.24) is 10.2 Å². The van der Waals surface area contributed by atoms with Crippen LogP contribution in [0.15, 0.2) is 22.8 Å². The van der Waals surface area contributed by atoms with Crippen molar-refractivity contribution in [2.24, 2.45) is 0 Å². The fourth-order valence-corrected chi connectivity index (χ4v) is 2.53. The van der Waals surface area contributed by atoms with Crippen molar-refractivity contribution in [2.75, 3.05) is 26.2 Å². The second-order valence-electron chi connectivity index (χ2n) is 4.90. The fourth-order valence-electron chi connectivity index (χ4n) is 2.53. The maximum atomic E-state index is 5.32. The van der Waals surface area contributed by atoms with Crippen molar-refractivity contribution >= 4 is 0 Å². The minimum atomic E-state index is 0.707. The Morgan fingerprint density at radius 2 is 2.24 bits per heavy atom. The molecule has 3 nitrogen and oxygen atoms in total. The van der Waals surface area contributed by atoms with E-state index in [4.69, 9.17) is 4.42 Å². The number of likely N-dealkylation sites (tertiary alicyclic amines) is 1. The molecule has 1 aromatic heterocycles. The first kappa shape index (κ1) is 12.7. The van der Waals surface area contributed by atoms with E-state index < -0.39 is 0 Å². The number of piperidine rings is 1. The first-order chi connectivity index (χ1) is 8.38. The molecule has 0 saturated carbocycles. The van der Waals surface area contributed by atoms with Crippen LogP contribution in [0.25, 0.3) is 0 Å². The Morgan fingerprint density at radius 3 is 2.88 bits per heavy atom. The van der Waals surface area contributed by atoms with Crippen LogP contribution in [-0.4, -0.2) is 37.1 Å². The van der Waals surface area contributed by atoms with Crippen molar-refractivity contribution in [3.8, 4) is 0 Å². The van der Waals surface area contributed by atoms with Crippen molar-refractivity contribution < 1.29 is 4.42 Å². The molecule has 0 unspecified atom stereocenters. The third-order valence-electron chi connectivity index (χ3n) is 3.51. The monoisotopic (exact) mass is 236 g/mol. The van der Waals surface area contributed by atoms with Crippen LogP contribution in [0.5, 0.6) is 0 Å². The summed E-state index contributed by atoms with van der Waals surface area (Å²) in [5, 5.41) is 3.64. The van der Waals surface area contributed by atoms with Gasteiger partial charge in [0.25, 0.3) is 0 Å². The summed E-state index contributed by atoms with van der Waals surface area (Å²) >= 11 is 0. The second-order valence-corrected chi connectivity index (χ2v) is 4.90. The fraction of sp³-hybridized carbons (Fsp3) is 0.714. The molecule has 1 saturated heterocycles. The van der Waals surface area contributed by atoms with Gasteiger partial charge in [-0.25, -0.2) is 0 Å². The van der Waals surface area contributed by atoms with Crippen LogP contribution in [0.4, 0.5) is 0 Å². The molecule has 0 amide bonds. The second kappa shape index (κ2) is 6.82. The summed E-state index contributed by atoms with van der Waals surface area (Å²) in [5.41, 5.74) is 0. The molecule has 2 rings (SSSR count). The smallest absolute Gasteiger partial charge is 0.105 e. The van der Waals surface area contributed by atoms with Gasteiger partial charge in [-0.05, 0) is 51.0 Å².